The first kappa shape index (κ1) is 18.5. The Morgan fingerprint density at radius 2 is 1.88 bits per heavy atom. The number of aromatic nitrogens is 3. The summed E-state index contributed by atoms with van der Waals surface area (Å²) in [6.07, 6.45) is -1.03. The van der Waals surface area contributed by atoms with E-state index in [-0.39, 0.29) is 16.8 Å². The summed E-state index contributed by atoms with van der Waals surface area (Å²) < 4.78 is 40.2. The van der Waals surface area contributed by atoms with Crippen molar-refractivity contribution >= 4 is 17.3 Å². The van der Waals surface area contributed by atoms with E-state index in [1.165, 1.54) is 19.4 Å². The second-order valence-electron chi connectivity index (χ2n) is 6.06. The first-order valence-corrected chi connectivity index (χ1v) is 8.33. The third-order valence-electron chi connectivity index (χ3n) is 4.08. The lowest BCUT2D eigenvalue weighted by Crippen LogP contribution is -2.36. The number of hydrogen-bond acceptors (Lipinski definition) is 4. The average molecular weight is 385 g/mol. The molecule has 3 heterocycles. The van der Waals surface area contributed by atoms with E-state index in [4.69, 9.17) is 11.6 Å². The Balaban J connectivity index is 1.96. The van der Waals surface area contributed by atoms with Gasteiger partial charge in [0, 0.05) is 38.6 Å². The van der Waals surface area contributed by atoms with E-state index in [9.17, 15) is 18.3 Å². The van der Waals surface area contributed by atoms with Gasteiger partial charge in [0.2, 0.25) is 0 Å². The van der Waals surface area contributed by atoms with Crippen LogP contribution in [0.2, 0.25) is 5.15 Å². The molecule has 1 N–H and O–H groups in total. The fourth-order valence-corrected chi connectivity index (χ4v) is 2.96. The second kappa shape index (κ2) is 7.17. The average Bonchev–Trinajstić information content (AvgIpc) is 2.95. The van der Waals surface area contributed by atoms with Crippen molar-refractivity contribution in [2.24, 2.45) is 7.05 Å². The van der Waals surface area contributed by atoms with Gasteiger partial charge < -0.3 is 10.0 Å². The highest BCUT2D eigenvalue weighted by Crippen LogP contribution is 2.30. The first-order valence-electron chi connectivity index (χ1n) is 7.95. The van der Waals surface area contributed by atoms with Gasteiger partial charge in [-0.1, -0.05) is 23.4 Å². The minimum absolute atomic E-state index is 0.199. The molecule has 1 aliphatic heterocycles. The van der Waals surface area contributed by atoms with Crippen molar-refractivity contribution in [1.29, 1.82) is 0 Å². The first-order chi connectivity index (χ1) is 12.2. The number of piperidine rings is 1. The Morgan fingerprint density at radius 3 is 2.54 bits per heavy atom. The molecule has 0 saturated carbocycles. The van der Waals surface area contributed by atoms with Crippen molar-refractivity contribution in [1.82, 2.24) is 14.8 Å². The number of alkyl halides is 3. The molecular formula is C17H16ClF3N4O. The van der Waals surface area contributed by atoms with Crippen LogP contribution >= 0.6 is 11.6 Å². The number of hydrogen-bond donors (Lipinski definition) is 1. The molecule has 2 aromatic rings. The molecule has 1 saturated heterocycles. The van der Waals surface area contributed by atoms with Crippen LogP contribution in [0, 0.1) is 11.8 Å². The monoisotopic (exact) mass is 384 g/mol. The molecule has 0 amide bonds. The molecule has 9 heteroatoms. The predicted molar refractivity (Wildman–Crippen MR) is 90.9 cm³/mol. The van der Waals surface area contributed by atoms with Crippen LogP contribution < -0.4 is 4.90 Å². The van der Waals surface area contributed by atoms with Crippen LogP contribution in [0.4, 0.5) is 18.9 Å². The highest BCUT2D eigenvalue weighted by atomic mass is 35.5. The number of halogens is 4. The van der Waals surface area contributed by atoms with Gasteiger partial charge in [-0.15, -0.1) is 0 Å². The third kappa shape index (κ3) is 4.11. The van der Waals surface area contributed by atoms with Gasteiger partial charge in [0.1, 0.15) is 5.15 Å². The molecule has 0 bridgehead atoms. The van der Waals surface area contributed by atoms with E-state index in [2.05, 4.69) is 21.9 Å². The molecule has 0 aromatic carbocycles. The number of pyridine rings is 1. The third-order valence-corrected chi connectivity index (χ3v) is 4.29. The van der Waals surface area contributed by atoms with Crippen LogP contribution in [0.1, 0.15) is 29.7 Å². The summed E-state index contributed by atoms with van der Waals surface area (Å²) in [6, 6.07) is 1.64. The fourth-order valence-electron chi connectivity index (χ4n) is 2.81. The maximum absolute atomic E-state index is 13.0. The second-order valence-corrected chi connectivity index (χ2v) is 6.44. The molecule has 1 fully saturated rings. The highest BCUT2D eigenvalue weighted by Gasteiger charge is 2.36. The summed E-state index contributed by atoms with van der Waals surface area (Å²) in [6.45, 7) is 1.22. The summed E-state index contributed by atoms with van der Waals surface area (Å²) >= 11 is 5.97. The highest BCUT2D eigenvalue weighted by molar-refractivity contribution is 6.29. The summed E-state index contributed by atoms with van der Waals surface area (Å²) in [5.74, 6) is 5.31. The zero-order valence-electron chi connectivity index (χ0n) is 13.9. The molecule has 2 aromatic heterocycles. The van der Waals surface area contributed by atoms with Gasteiger partial charge in [0.15, 0.2) is 5.69 Å². The molecule has 0 aliphatic carbocycles. The Labute approximate surface area is 153 Å². The Kier molecular flexibility index (Phi) is 5.12. The SMILES string of the molecule is Cn1cc(C#Cc2cnc(Cl)cc2N2CCC(O)CC2)c(C(F)(F)F)n1. The van der Waals surface area contributed by atoms with Crippen LogP contribution in [0.3, 0.4) is 0 Å². The van der Waals surface area contributed by atoms with E-state index >= 15 is 0 Å². The Morgan fingerprint density at radius 1 is 1.23 bits per heavy atom. The van der Waals surface area contributed by atoms with Gasteiger partial charge in [0.05, 0.1) is 22.9 Å². The Hall–Kier alpha value is -2.24. The molecule has 5 nitrogen and oxygen atoms in total. The summed E-state index contributed by atoms with van der Waals surface area (Å²) in [5, 5.41) is 13.4. The quantitative estimate of drug-likeness (QED) is 0.607. The number of aryl methyl sites for hydroxylation is 1. The normalized spacial score (nSPS) is 15.7. The van der Waals surface area contributed by atoms with E-state index in [1.807, 2.05) is 4.90 Å². The number of rotatable bonds is 1. The van der Waals surface area contributed by atoms with E-state index in [0.29, 0.717) is 37.2 Å². The topological polar surface area (TPSA) is 54.2 Å². The van der Waals surface area contributed by atoms with Crippen molar-refractivity contribution in [3.8, 4) is 11.8 Å². The minimum Gasteiger partial charge on any atom is -0.393 e. The molecular weight excluding hydrogens is 369 g/mol. The van der Waals surface area contributed by atoms with Crippen LogP contribution in [0.25, 0.3) is 0 Å². The van der Waals surface area contributed by atoms with Gasteiger partial charge in [-0.2, -0.15) is 18.3 Å². The minimum atomic E-state index is -4.57. The molecule has 3 rings (SSSR count). The van der Waals surface area contributed by atoms with Crippen LogP contribution in [-0.4, -0.2) is 39.1 Å². The molecule has 0 unspecified atom stereocenters. The van der Waals surface area contributed by atoms with Crippen molar-refractivity contribution in [2.45, 2.75) is 25.1 Å². The van der Waals surface area contributed by atoms with Gasteiger partial charge in [-0.3, -0.25) is 4.68 Å². The molecule has 0 spiro atoms. The predicted octanol–water partition coefficient (Wildman–Crippen LogP) is 2.85. The number of anilines is 1. The largest absolute Gasteiger partial charge is 0.436 e. The summed E-state index contributed by atoms with van der Waals surface area (Å²) in [4.78, 5) is 5.98. The van der Waals surface area contributed by atoms with Gasteiger partial charge in [0.25, 0.3) is 0 Å². The fraction of sp³-hybridized carbons (Fsp3) is 0.412. The van der Waals surface area contributed by atoms with Gasteiger partial charge >= 0.3 is 6.18 Å². The van der Waals surface area contributed by atoms with Gasteiger partial charge in [-0.25, -0.2) is 4.98 Å². The van der Waals surface area contributed by atoms with Crippen LogP contribution in [0.5, 0.6) is 0 Å². The molecule has 138 valence electrons. The van der Waals surface area contributed by atoms with E-state index in [1.54, 1.807) is 6.07 Å². The lowest BCUT2D eigenvalue weighted by Gasteiger charge is -2.32. The number of aliphatic hydroxyl groups is 1. The Bertz CT molecular complexity index is 861. The van der Waals surface area contributed by atoms with Crippen molar-refractivity contribution < 1.29 is 18.3 Å². The summed E-state index contributed by atoms with van der Waals surface area (Å²) in [5.41, 5.74) is -0.0448. The molecule has 0 atom stereocenters. The van der Waals surface area contributed by atoms with Crippen LogP contribution in [0.15, 0.2) is 18.5 Å². The summed E-state index contributed by atoms with van der Waals surface area (Å²) in [7, 11) is 1.41. The van der Waals surface area contributed by atoms with E-state index < -0.39 is 11.9 Å². The van der Waals surface area contributed by atoms with Crippen LogP contribution in [-0.2, 0) is 13.2 Å². The molecule has 0 radical (unpaired) electrons. The standard InChI is InChI=1S/C17H16ClF3N4O/c1-24-10-12(16(23-24)17(19,20)21)3-2-11-9-22-15(18)8-14(11)25-6-4-13(26)5-7-25/h8-10,13,26H,4-7H2,1H3. The van der Waals surface area contributed by atoms with Gasteiger partial charge in [-0.05, 0) is 12.8 Å². The maximum atomic E-state index is 13.0. The van der Waals surface area contributed by atoms with Crippen molar-refractivity contribution in [2.75, 3.05) is 18.0 Å². The lowest BCUT2D eigenvalue weighted by atomic mass is 10.1. The zero-order valence-corrected chi connectivity index (χ0v) is 14.6. The molecule has 26 heavy (non-hydrogen) atoms. The lowest BCUT2D eigenvalue weighted by molar-refractivity contribution is -0.141. The van der Waals surface area contributed by atoms with Crippen molar-refractivity contribution in [3.05, 3.63) is 40.4 Å². The number of aliphatic hydroxyl groups excluding tert-OH is 1. The van der Waals surface area contributed by atoms with E-state index in [0.717, 1.165) is 4.68 Å². The maximum Gasteiger partial charge on any atom is 0.436 e. The van der Waals surface area contributed by atoms with Crippen molar-refractivity contribution in [3.63, 3.8) is 0 Å². The molecule has 1 aliphatic rings. The number of nitrogens with zero attached hydrogens (tertiary/aromatic N) is 4. The smallest absolute Gasteiger partial charge is 0.393 e. The zero-order chi connectivity index (χ0) is 18.9.